The largest absolute Gasteiger partial charge is 0.504 e. The lowest BCUT2D eigenvalue weighted by atomic mass is 9.86. The Morgan fingerprint density at radius 3 is 2.47 bits per heavy atom. The Morgan fingerprint density at radius 1 is 1.17 bits per heavy atom. The topological polar surface area (TPSA) is 106 Å². The molecule has 1 amide bonds. The molecule has 0 spiro atoms. The monoisotopic (exact) mass is 421 g/mol. The summed E-state index contributed by atoms with van der Waals surface area (Å²) in [5, 5.41) is 33.4. The third-order valence-electron chi connectivity index (χ3n) is 4.73. The van der Waals surface area contributed by atoms with E-state index < -0.39 is 11.8 Å². The highest BCUT2D eigenvalue weighted by Crippen LogP contribution is 2.29. The molecule has 3 aromatic rings. The Hall–Kier alpha value is -3.37. The molecular formula is C23H23N3O3S. The fourth-order valence-corrected chi connectivity index (χ4v) is 3.65. The predicted octanol–water partition coefficient (Wildman–Crippen LogP) is 4.84. The fraction of sp³-hybridized carbons (Fsp3) is 0.261. The van der Waals surface area contributed by atoms with Crippen molar-refractivity contribution in [3.63, 3.8) is 0 Å². The SMILES string of the molecule is CC(C)(C)c1ccc(-c2csc(NC(=O)C(C#N)Cc3ccc(O)c(O)c3)n2)cc1. The number of amides is 1. The molecule has 2 aromatic carbocycles. The van der Waals surface area contributed by atoms with Crippen LogP contribution in [0.2, 0.25) is 0 Å². The summed E-state index contributed by atoms with van der Waals surface area (Å²) < 4.78 is 0. The van der Waals surface area contributed by atoms with Crippen molar-refractivity contribution in [3.05, 3.63) is 59.0 Å². The van der Waals surface area contributed by atoms with Crippen LogP contribution in [0.4, 0.5) is 5.13 Å². The molecule has 30 heavy (non-hydrogen) atoms. The molecule has 7 heteroatoms. The normalized spacial score (nSPS) is 12.2. The van der Waals surface area contributed by atoms with Crippen molar-refractivity contribution >= 4 is 22.4 Å². The van der Waals surface area contributed by atoms with Crippen molar-refractivity contribution in [2.24, 2.45) is 5.92 Å². The highest BCUT2D eigenvalue weighted by Gasteiger charge is 2.21. The van der Waals surface area contributed by atoms with E-state index in [1.54, 1.807) is 6.07 Å². The molecule has 0 aliphatic rings. The van der Waals surface area contributed by atoms with E-state index in [1.807, 2.05) is 23.6 Å². The zero-order chi connectivity index (χ0) is 21.9. The molecule has 0 aliphatic heterocycles. The minimum absolute atomic E-state index is 0.0698. The summed E-state index contributed by atoms with van der Waals surface area (Å²) >= 11 is 1.30. The van der Waals surface area contributed by atoms with Gasteiger partial charge in [0.05, 0.1) is 11.8 Å². The lowest BCUT2D eigenvalue weighted by molar-refractivity contribution is -0.118. The summed E-state index contributed by atoms with van der Waals surface area (Å²) in [5.41, 5.74) is 3.59. The molecule has 3 rings (SSSR count). The van der Waals surface area contributed by atoms with Crippen molar-refractivity contribution in [3.8, 4) is 28.8 Å². The highest BCUT2D eigenvalue weighted by atomic mass is 32.1. The van der Waals surface area contributed by atoms with Gasteiger partial charge in [-0.2, -0.15) is 5.26 Å². The van der Waals surface area contributed by atoms with E-state index in [1.165, 1.54) is 29.0 Å². The summed E-state index contributed by atoms with van der Waals surface area (Å²) in [6.45, 7) is 6.47. The van der Waals surface area contributed by atoms with Crippen LogP contribution in [0.5, 0.6) is 11.5 Å². The first-order valence-corrected chi connectivity index (χ1v) is 10.3. The van der Waals surface area contributed by atoms with Crippen LogP contribution in [0.25, 0.3) is 11.3 Å². The molecule has 3 N–H and O–H groups in total. The Labute approximate surface area is 179 Å². The van der Waals surface area contributed by atoms with E-state index in [2.05, 4.69) is 43.2 Å². The van der Waals surface area contributed by atoms with E-state index in [0.29, 0.717) is 10.7 Å². The number of nitrogens with zero attached hydrogens (tertiary/aromatic N) is 2. The average molecular weight is 422 g/mol. The average Bonchev–Trinajstić information content (AvgIpc) is 3.16. The fourth-order valence-electron chi connectivity index (χ4n) is 2.93. The minimum Gasteiger partial charge on any atom is -0.504 e. The van der Waals surface area contributed by atoms with Crippen LogP contribution in [0.3, 0.4) is 0 Å². The molecule has 1 heterocycles. The van der Waals surface area contributed by atoms with E-state index in [4.69, 9.17) is 0 Å². The molecule has 0 saturated carbocycles. The van der Waals surface area contributed by atoms with Gasteiger partial charge in [0.25, 0.3) is 0 Å². The van der Waals surface area contributed by atoms with Crippen LogP contribution in [0.15, 0.2) is 47.8 Å². The van der Waals surface area contributed by atoms with Gasteiger partial charge in [0, 0.05) is 10.9 Å². The van der Waals surface area contributed by atoms with Gasteiger partial charge in [-0.25, -0.2) is 4.98 Å². The molecule has 0 fully saturated rings. The number of benzene rings is 2. The van der Waals surface area contributed by atoms with Crippen molar-refractivity contribution < 1.29 is 15.0 Å². The van der Waals surface area contributed by atoms with Gasteiger partial charge in [0.15, 0.2) is 16.6 Å². The van der Waals surface area contributed by atoms with Gasteiger partial charge >= 0.3 is 0 Å². The smallest absolute Gasteiger partial charge is 0.243 e. The number of phenols is 2. The van der Waals surface area contributed by atoms with Gasteiger partial charge in [-0.3, -0.25) is 4.79 Å². The summed E-state index contributed by atoms with van der Waals surface area (Å²) in [6, 6.07) is 14.4. The van der Waals surface area contributed by atoms with E-state index in [-0.39, 0.29) is 23.3 Å². The van der Waals surface area contributed by atoms with Gasteiger partial charge in [0.2, 0.25) is 5.91 Å². The van der Waals surface area contributed by atoms with Gasteiger partial charge in [-0.1, -0.05) is 51.1 Å². The van der Waals surface area contributed by atoms with Crippen molar-refractivity contribution in [2.75, 3.05) is 5.32 Å². The molecule has 0 radical (unpaired) electrons. The van der Waals surface area contributed by atoms with Crippen LogP contribution in [0, 0.1) is 17.2 Å². The lowest BCUT2D eigenvalue weighted by Crippen LogP contribution is -2.23. The number of rotatable bonds is 5. The van der Waals surface area contributed by atoms with Crippen molar-refractivity contribution in [1.82, 2.24) is 4.98 Å². The Balaban J connectivity index is 1.69. The highest BCUT2D eigenvalue weighted by molar-refractivity contribution is 7.14. The number of anilines is 1. The van der Waals surface area contributed by atoms with Gasteiger partial charge in [-0.05, 0) is 35.1 Å². The Morgan fingerprint density at radius 2 is 1.87 bits per heavy atom. The number of nitrogens with one attached hydrogen (secondary N) is 1. The van der Waals surface area contributed by atoms with Gasteiger partial charge in [0.1, 0.15) is 5.92 Å². The molecule has 0 aliphatic carbocycles. The number of carbonyl (C=O) groups excluding carboxylic acids is 1. The second-order valence-corrected chi connectivity index (χ2v) is 8.92. The first-order valence-electron chi connectivity index (χ1n) is 9.45. The number of aromatic hydroxyl groups is 2. The first kappa shape index (κ1) is 21.3. The number of nitriles is 1. The number of hydrogen-bond acceptors (Lipinski definition) is 6. The third kappa shape index (κ3) is 4.97. The molecule has 1 aromatic heterocycles. The number of carbonyl (C=O) groups is 1. The van der Waals surface area contributed by atoms with Gasteiger partial charge in [-0.15, -0.1) is 11.3 Å². The second-order valence-electron chi connectivity index (χ2n) is 8.06. The molecule has 0 saturated heterocycles. The maximum atomic E-state index is 12.5. The van der Waals surface area contributed by atoms with Crippen LogP contribution in [-0.4, -0.2) is 21.1 Å². The first-order chi connectivity index (χ1) is 14.2. The maximum Gasteiger partial charge on any atom is 0.243 e. The van der Waals surface area contributed by atoms with E-state index >= 15 is 0 Å². The minimum atomic E-state index is -0.952. The summed E-state index contributed by atoms with van der Waals surface area (Å²) in [7, 11) is 0. The van der Waals surface area contributed by atoms with Crippen LogP contribution >= 0.6 is 11.3 Å². The van der Waals surface area contributed by atoms with Crippen LogP contribution in [-0.2, 0) is 16.6 Å². The molecular weight excluding hydrogens is 398 g/mol. The van der Waals surface area contributed by atoms with Gasteiger partial charge < -0.3 is 15.5 Å². The van der Waals surface area contributed by atoms with Crippen molar-refractivity contribution in [2.45, 2.75) is 32.6 Å². The van der Waals surface area contributed by atoms with Crippen LogP contribution < -0.4 is 5.32 Å². The number of hydrogen-bond donors (Lipinski definition) is 3. The number of thiazole rings is 1. The number of aromatic nitrogens is 1. The predicted molar refractivity (Wildman–Crippen MR) is 117 cm³/mol. The Bertz CT molecular complexity index is 1090. The van der Waals surface area contributed by atoms with Crippen molar-refractivity contribution in [1.29, 1.82) is 5.26 Å². The molecule has 1 unspecified atom stereocenters. The summed E-state index contributed by atoms with van der Waals surface area (Å²) in [6.07, 6.45) is 0.114. The molecule has 0 bridgehead atoms. The lowest BCUT2D eigenvalue weighted by Gasteiger charge is -2.18. The Kier molecular flexibility index (Phi) is 6.09. The summed E-state index contributed by atoms with van der Waals surface area (Å²) in [4.78, 5) is 17.0. The maximum absolute atomic E-state index is 12.5. The zero-order valence-corrected chi connectivity index (χ0v) is 17.8. The van der Waals surface area contributed by atoms with E-state index in [9.17, 15) is 20.3 Å². The summed E-state index contributed by atoms with van der Waals surface area (Å²) in [5.74, 6) is -1.95. The molecule has 6 nitrogen and oxygen atoms in total. The zero-order valence-electron chi connectivity index (χ0n) is 17.0. The number of phenolic OH excluding ortho intramolecular Hbond substituents is 2. The molecule has 154 valence electrons. The van der Waals surface area contributed by atoms with Crippen LogP contribution in [0.1, 0.15) is 31.9 Å². The van der Waals surface area contributed by atoms with E-state index in [0.717, 1.165) is 11.3 Å². The second kappa shape index (κ2) is 8.56. The quantitative estimate of drug-likeness (QED) is 0.511. The third-order valence-corrected chi connectivity index (χ3v) is 5.49. The molecule has 1 atom stereocenters. The standard InChI is InChI=1S/C23H23N3O3S/c1-23(2,3)17-7-5-15(6-8-17)18-13-30-22(25-18)26-21(29)16(12-24)10-14-4-9-19(27)20(28)11-14/h4-9,11,13,16,27-28H,10H2,1-3H3,(H,25,26,29).